The van der Waals surface area contributed by atoms with Crippen molar-refractivity contribution in [1.82, 2.24) is 15.3 Å². The highest BCUT2D eigenvalue weighted by atomic mass is 19.3. The van der Waals surface area contributed by atoms with Gasteiger partial charge in [-0.2, -0.15) is 0 Å². The molecule has 0 radical (unpaired) electrons. The molecule has 0 aromatic carbocycles. The van der Waals surface area contributed by atoms with Crippen molar-refractivity contribution in [3.05, 3.63) is 23.3 Å². The van der Waals surface area contributed by atoms with Crippen LogP contribution in [0.4, 0.5) is 8.78 Å². The van der Waals surface area contributed by atoms with Gasteiger partial charge in [-0.25, -0.2) is 18.7 Å². The zero-order chi connectivity index (χ0) is 14.3. The fraction of sp³-hybridized carbons (Fsp3) is 0.692. The predicted octanol–water partition coefficient (Wildman–Crippen LogP) is 2.28. The highest BCUT2D eigenvalue weighted by Crippen LogP contribution is 2.14. The molecular formula is C13H21F2N3O. The Labute approximate surface area is 112 Å². The van der Waals surface area contributed by atoms with Crippen LogP contribution in [0.3, 0.4) is 0 Å². The third kappa shape index (κ3) is 5.57. The quantitative estimate of drug-likeness (QED) is 0.738. The SMILES string of the molecule is CCNC(C)c1cnc(CCOCC(F)F)nc1C. The van der Waals surface area contributed by atoms with Crippen LogP contribution in [0.1, 0.15) is 37.0 Å². The number of hydrogen-bond acceptors (Lipinski definition) is 4. The Bertz CT molecular complexity index is 388. The molecule has 108 valence electrons. The summed E-state index contributed by atoms with van der Waals surface area (Å²) in [6.07, 6.45) is -0.187. The average molecular weight is 273 g/mol. The molecule has 1 unspecified atom stereocenters. The van der Waals surface area contributed by atoms with E-state index in [2.05, 4.69) is 22.2 Å². The minimum absolute atomic E-state index is 0.203. The molecule has 4 nitrogen and oxygen atoms in total. The molecule has 1 atom stereocenters. The number of halogens is 2. The molecule has 0 aliphatic carbocycles. The molecule has 0 fully saturated rings. The van der Waals surface area contributed by atoms with E-state index in [1.165, 1.54) is 0 Å². The number of nitrogens with one attached hydrogen (secondary N) is 1. The van der Waals surface area contributed by atoms with E-state index >= 15 is 0 Å². The third-order valence-corrected chi connectivity index (χ3v) is 2.76. The van der Waals surface area contributed by atoms with Gasteiger partial charge in [0.25, 0.3) is 6.43 Å². The maximum atomic E-state index is 11.9. The Kier molecular flexibility index (Phi) is 6.80. The van der Waals surface area contributed by atoms with Gasteiger partial charge in [0.2, 0.25) is 0 Å². The van der Waals surface area contributed by atoms with Gasteiger partial charge in [0, 0.05) is 29.9 Å². The molecular weight excluding hydrogens is 252 g/mol. The number of ether oxygens (including phenoxy) is 1. The summed E-state index contributed by atoms with van der Waals surface area (Å²) in [4.78, 5) is 8.62. The first-order chi connectivity index (χ1) is 9.04. The monoisotopic (exact) mass is 273 g/mol. The average Bonchev–Trinajstić information content (AvgIpc) is 2.34. The summed E-state index contributed by atoms with van der Waals surface area (Å²) in [6, 6.07) is 0.203. The Morgan fingerprint density at radius 1 is 1.42 bits per heavy atom. The lowest BCUT2D eigenvalue weighted by Gasteiger charge is -2.15. The zero-order valence-corrected chi connectivity index (χ0v) is 11.6. The number of alkyl halides is 2. The minimum Gasteiger partial charge on any atom is -0.375 e. The van der Waals surface area contributed by atoms with Gasteiger partial charge in [0.05, 0.1) is 6.61 Å². The van der Waals surface area contributed by atoms with Crippen LogP contribution in [0.15, 0.2) is 6.20 Å². The summed E-state index contributed by atoms with van der Waals surface area (Å²) in [6.45, 7) is 6.58. The minimum atomic E-state index is -2.43. The fourth-order valence-electron chi connectivity index (χ4n) is 1.82. The lowest BCUT2D eigenvalue weighted by Crippen LogP contribution is -2.20. The molecule has 0 aliphatic heterocycles. The summed E-state index contributed by atoms with van der Waals surface area (Å²) in [5.74, 6) is 0.624. The van der Waals surface area contributed by atoms with E-state index in [1.54, 1.807) is 6.20 Å². The molecule has 0 aliphatic rings. The molecule has 1 heterocycles. The van der Waals surface area contributed by atoms with Crippen molar-refractivity contribution in [2.75, 3.05) is 19.8 Å². The van der Waals surface area contributed by atoms with E-state index in [0.29, 0.717) is 12.2 Å². The van der Waals surface area contributed by atoms with Gasteiger partial charge in [0.1, 0.15) is 12.4 Å². The van der Waals surface area contributed by atoms with Crippen molar-refractivity contribution in [2.45, 2.75) is 39.7 Å². The van der Waals surface area contributed by atoms with Crippen LogP contribution in [-0.4, -0.2) is 36.2 Å². The van der Waals surface area contributed by atoms with Crippen molar-refractivity contribution in [2.24, 2.45) is 0 Å². The van der Waals surface area contributed by atoms with E-state index in [0.717, 1.165) is 17.8 Å². The van der Waals surface area contributed by atoms with Gasteiger partial charge >= 0.3 is 0 Å². The third-order valence-electron chi connectivity index (χ3n) is 2.76. The van der Waals surface area contributed by atoms with Crippen LogP contribution < -0.4 is 5.32 Å². The zero-order valence-electron chi connectivity index (χ0n) is 11.6. The van der Waals surface area contributed by atoms with E-state index in [4.69, 9.17) is 4.74 Å². The highest BCUT2D eigenvalue weighted by molar-refractivity contribution is 5.19. The van der Waals surface area contributed by atoms with Crippen LogP contribution >= 0.6 is 0 Å². The first kappa shape index (κ1) is 15.9. The maximum Gasteiger partial charge on any atom is 0.261 e. The predicted molar refractivity (Wildman–Crippen MR) is 69.4 cm³/mol. The topological polar surface area (TPSA) is 47.0 Å². The van der Waals surface area contributed by atoms with Crippen LogP contribution in [0.5, 0.6) is 0 Å². The number of aryl methyl sites for hydroxylation is 1. The summed E-state index contributed by atoms with van der Waals surface area (Å²) in [5.41, 5.74) is 1.96. The first-order valence-electron chi connectivity index (χ1n) is 6.46. The van der Waals surface area contributed by atoms with Crippen molar-refractivity contribution in [3.8, 4) is 0 Å². The van der Waals surface area contributed by atoms with Crippen LogP contribution in [0, 0.1) is 6.92 Å². The molecule has 0 spiro atoms. The Morgan fingerprint density at radius 2 is 2.16 bits per heavy atom. The van der Waals surface area contributed by atoms with E-state index in [-0.39, 0.29) is 12.6 Å². The lowest BCUT2D eigenvalue weighted by atomic mass is 10.1. The van der Waals surface area contributed by atoms with Crippen molar-refractivity contribution in [1.29, 1.82) is 0 Å². The summed E-state index contributed by atoms with van der Waals surface area (Å²) in [5, 5.41) is 3.30. The van der Waals surface area contributed by atoms with E-state index < -0.39 is 13.0 Å². The Balaban J connectivity index is 2.52. The summed E-state index contributed by atoms with van der Waals surface area (Å²) < 4.78 is 28.6. The molecule has 1 N–H and O–H groups in total. The van der Waals surface area contributed by atoms with Gasteiger partial charge < -0.3 is 10.1 Å². The summed E-state index contributed by atoms with van der Waals surface area (Å²) in [7, 11) is 0. The van der Waals surface area contributed by atoms with Crippen LogP contribution in [0.25, 0.3) is 0 Å². The van der Waals surface area contributed by atoms with Crippen molar-refractivity contribution < 1.29 is 13.5 Å². The van der Waals surface area contributed by atoms with E-state index in [9.17, 15) is 8.78 Å². The summed E-state index contributed by atoms with van der Waals surface area (Å²) >= 11 is 0. The molecule has 6 heteroatoms. The second-order valence-corrected chi connectivity index (χ2v) is 4.32. The number of aromatic nitrogens is 2. The smallest absolute Gasteiger partial charge is 0.261 e. The molecule has 1 aromatic rings. The number of hydrogen-bond donors (Lipinski definition) is 1. The first-order valence-corrected chi connectivity index (χ1v) is 6.46. The molecule has 19 heavy (non-hydrogen) atoms. The molecule has 1 aromatic heterocycles. The van der Waals surface area contributed by atoms with Crippen molar-refractivity contribution >= 4 is 0 Å². The van der Waals surface area contributed by atoms with Gasteiger partial charge in [-0.1, -0.05) is 6.92 Å². The van der Waals surface area contributed by atoms with Gasteiger partial charge in [-0.3, -0.25) is 0 Å². The standard InChI is InChI=1S/C13H21F2N3O/c1-4-16-9(2)11-7-17-13(18-10(11)3)5-6-19-8-12(14)15/h7,9,12,16H,4-6,8H2,1-3H3. The van der Waals surface area contributed by atoms with Crippen molar-refractivity contribution in [3.63, 3.8) is 0 Å². The Hall–Kier alpha value is -1.14. The van der Waals surface area contributed by atoms with Gasteiger partial charge in [-0.05, 0) is 20.4 Å². The second kappa shape index (κ2) is 8.12. The number of rotatable bonds is 8. The van der Waals surface area contributed by atoms with Gasteiger partial charge in [-0.15, -0.1) is 0 Å². The highest BCUT2D eigenvalue weighted by Gasteiger charge is 2.10. The van der Waals surface area contributed by atoms with Crippen LogP contribution in [0.2, 0.25) is 0 Å². The normalized spacial score (nSPS) is 12.9. The van der Waals surface area contributed by atoms with Gasteiger partial charge in [0.15, 0.2) is 0 Å². The molecule has 0 bridgehead atoms. The lowest BCUT2D eigenvalue weighted by molar-refractivity contribution is 0.0182. The maximum absolute atomic E-state index is 11.9. The fourth-order valence-corrected chi connectivity index (χ4v) is 1.82. The van der Waals surface area contributed by atoms with E-state index in [1.807, 2.05) is 13.8 Å². The largest absolute Gasteiger partial charge is 0.375 e. The second-order valence-electron chi connectivity index (χ2n) is 4.32. The number of nitrogens with zero attached hydrogens (tertiary/aromatic N) is 2. The molecule has 1 rings (SSSR count). The molecule has 0 amide bonds. The van der Waals surface area contributed by atoms with Crippen LogP contribution in [-0.2, 0) is 11.2 Å². The Morgan fingerprint density at radius 3 is 2.74 bits per heavy atom. The molecule has 0 saturated heterocycles. The molecule has 0 saturated carbocycles.